The highest BCUT2D eigenvalue weighted by Crippen LogP contribution is 2.32. The van der Waals surface area contributed by atoms with Gasteiger partial charge in [0, 0.05) is 0 Å². The summed E-state index contributed by atoms with van der Waals surface area (Å²) in [6.45, 7) is 6.72. The van der Waals surface area contributed by atoms with Crippen molar-refractivity contribution in [2.75, 3.05) is 0 Å². The van der Waals surface area contributed by atoms with Gasteiger partial charge in [-0.15, -0.1) is 0 Å². The quantitative estimate of drug-likeness (QED) is 0.494. The molecule has 0 radical (unpaired) electrons. The predicted molar refractivity (Wildman–Crippen MR) is 88.1 cm³/mol. The number of hydrogen-bond acceptors (Lipinski definition) is 1. The molecule has 1 rings (SSSR count). The number of rotatable bonds is 8. The van der Waals surface area contributed by atoms with E-state index in [1.807, 2.05) is 18.2 Å². The molecule has 0 unspecified atom stereocenters. The van der Waals surface area contributed by atoms with Crippen LogP contribution in [-0.4, -0.2) is 8.32 Å². The van der Waals surface area contributed by atoms with Crippen molar-refractivity contribution in [3.8, 4) is 5.75 Å². The Morgan fingerprint density at radius 1 is 0.895 bits per heavy atom. The van der Waals surface area contributed by atoms with E-state index in [1.54, 1.807) is 0 Å². The third kappa shape index (κ3) is 5.01. The van der Waals surface area contributed by atoms with E-state index in [2.05, 4.69) is 20.8 Å². The second-order valence-corrected chi connectivity index (χ2v) is 10.00. The molecule has 0 N–H and O–H groups in total. The minimum atomic E-state index is -1.68. The highest BCUT2D eigenvalue weighted by molar-refractivity contribution is 6.74. The zero-order chi connectivity index (χ0) is 14.3. The van der Waals surface area contributed by atoms with Crippen LogP contribution < -0.4 is 4.43 Å². The first-order valence-electron chi connectivity index (χ1n) is 7.21. The van der Waals surface area contributed by atoms with E-state index < -0.39 is 8.32 Å². The first-order valence-corrected chi connectivity index (χ1v) is 10.5. The molecule has 19 heavy (non-hydrogen) atoms. The Morgan fingerprint density at radius 3 is 1.84 bits per heavy atom. The summed E-state index contributed by atoms with van der Waals surface area (Å²) in [6.07, 6.45) is 3.56. The standard InChI is InChI=1S/C15H24Cl2OSi/c1-4-9-19(10-5-2,11-6-3)18-13-7-8-14(16)15(17)12-13/h7-8,12H,4-6,9-11H2,1-3H3. The Labute approximate surface area is 128 Å². The Morgan fingerprint density at radius 2 is 1.42 bits per heavy atom. The van der Waals surface area contributed by atoms with Crippen LogP contribution in [0.5, 0.6) is 5.75 Å². The van der Waals surface area contributed by atoms with E-state index in [4.69, 9.17) is 27.6 Å². The largest absolute Gasteiger partial charge is 0.543 e. The summed E-state index contributed by atoms with van der Waals surface area (Å²) in [6, 6.07) is 9.27. The van der Waals surface area contributed by atoms with Gasteiger partial charge < -0.3 is 4.43 Å². The molecule has 0 aliphatic heterocycles. The molecule has 0 aliphatic rings. The molecule has 0 aliphatic carbocycles. The SMILES string of the molecule is CCC[Si](CCC)(CCC)Oc1ccc(Cl)c(Cl)c1. The molecule has 1 aromatic rings. The minimum absolute atomic E-state index is 0.576. The van der Waals surface area contributed by atoms with Crippen LogP contribution in [0.4, 0.5) is 0 Å². The van der Waals surface area contributed by atoms with E-state index in [-0.39, 0.29) is 0 Å². The maximum atomic E-state index is 6.45. The minimum Gasteiger partial charge on any atom is -0.543 e. The lowest BCUT2D eigenvalue weighted by Crippen LogP contribution is -2.41. The molecule has 0 heterocycles. The van der Waals surface area contributed by atoms with Crippen LogP contribution >= 0.6 is 23.2 Å². The molecule has 0 aromatic heterocycles. The average Bonchev–Trinajstić information content (AvgIpc) is 2.35. The second kappa shape index (κ2) is 8.18. The highest BCUT2D eigenvalue weighted by Gasteiger charge is 2.34. The van der Waals surface area contributed by atoms with Gasteiger partial charge in [0.25, 0.3) is 8.32 Å². The van der Waals surface area contributed by atoms with Crippen LogP contribution in [0, 0.1) is 0 Å². The summed E-state index contributed by atoms with van der Waals surface area (Å²) in [4.78, 5) is 0. The van der Waals surface area contributed by atoms with Gasteiger partial charge in [0.1, 0.15) is 5.75 Å². The lowest BCUT2D eigenvalue weighted by atomic mass is 10.3. The van der Waals surface area contributed by atoms with Crippen molar-refractivity contribution >= 4 is 31.5 Å². The monoisotopic (exact) mass is 318 g/mol. The van der Waals surface area contributed by atoms with Crippen LogP contribution in [0.2, 0.25) is 28.2 Å². The molecule has 0 amide bonds. The Kier molecular flexibility index (Phi) is 7.26. The van der Waals surface area contributed by atoms with Gasteiger partial charge in [0.15, 0.2) is 0 Å². The molecule has 0 saturated carbocycles. The van der Waals surface area contributed by atoms with E-state index >= 15 is 0 Å². The lowest BCUT2D eigenvalue weighted by Gasteiger charge is -2.32. The molecular formula is C15H24Cl2OSi. The van der Waals surface area contributed by atoms with Crippen LogP contribution in [-0.2, 0) is 0 Å². The summed E-state index contributed by atoms with van der Waals surface area (Å²) in [5, 5.41) is 1.16. The number of halogens is 2. The topological polar surface area (TPSA) is 9.23 Å². The first-order chi connectivity index (χ1) is 9.06. The molecular weight excluding hydrogens is 295 g/mol. The number of benzene rings is 1. The lowest BCUT2D eigenvalue weighted by molar-refractivity contribution is 0.519. The summed E-state index contributed by atoms with van der Waals surface area (Å²) in [7, 11) is -1.68. The summed E-state index contributed by atoms with van der Waals surface area (Å²) in [5.74, 6) is 0.886. The fourth-order valence-corrected chi connectivity index (χ4v) is 7.39. The van der Waals surface area contributed by atoms with Crippen LogP contribution in [0.15, 0.2) is 18.2 Å². The average molecular weight is 319 g/mol. The van der Waals surface area contributed by atoms with Crippen molar-refractivity contribution in [1.82, 2.24) is 0 Å². The molecule has 0 spiro atoms. The number of hydrogen-bond donors (Lipinski definition) is 0. The second-order valence-electron chi connectivity index (χ2n) is 5.11. The van der Waals surface area contributed by atoms with Gasteiger partial charge >= 0.3 is 0 Å². The maximum Gasteiger partial charge on any atom is 0.251 e. The fraction of sp³-hybridized carbons (Fsp3) is 0.600. The molecule has 1 nitrogen and oxygen atoms in total. The molecule has 0 fully saturated rings. The van der Waals surface area contributed by atoms with E-state index in [9.17, 15) is 0 Å². The Hall–Kier alpha value is -0.183. The van der Waals surface area contributed by atoms with Gasteiger partial charge in [-0.1, -0.05) is 63.2 Å². The Bertz CT molecular complexity index is 379. The van der Waals surface area contributed by atoms with Gasteiger partial charge in [-0.3, -0.25) is 0 Å². The predicted octanol–water partition coefficient (Wildman–Crippen LogP) is 6.55. The summed E-state index contributed by atoms with van der Waals surface area (Å²) in [5.41, 5.74) is 0. The molecule has 0 atom stereocenters. The van der Waals surface area contributed by atoms with Crippen molar-refractivity contribution in [2.45, 2.75) is 58.2 Å². The van der Waals surface area contributed by atoms with E-state index in [0.717, 1.165) is 5.75 Å². The van der Waals surface area contributed by atoms with Gasteiger partial charge in [-0.05, 0) is 36.3 Å². The van der Waals surface area contributed by atoms with Crippen molar-refractivity contribution < 1.29 is 4.43 Å². The van der Waals surface area contributed by atoms with Crippen molar-refractivity contribution in [3.05, 3.63) is 28.2 Å². The van der Waals surface area contributed by atoms with Crippen LogP contribution in [0.25, 0.3) is 0 Å². The van der Waals surface area contributed by atoms with Crippen LogP contribution in [0.3, 0.4) is 0 Å². The van der Waals surface area contributed by atoms with Gasteiger partial charge in [-0.25, -0.2) is 0 Å². The van der Waals surface area contributed by atoms with Crippen molar-refractivity contribution in [3.63, 3.8) is 0 Å². The first kappa shape index (κ1) is 16.9. The Balaban J connectivity index is 2.93. The molecule has 108 valence electrons. The van der Waals surface area contributed by atoms with Crippen LogP contribution in [0.1, 0.15) is 40.0 Å². The zero-order valence-corrected chi connectivity index (χ0v) is 14.7. The van der Waals surface area contributed by atoms with E-state index in [1.165, 1.54) is 37.4 Å². The smallest absolute Gasteiger partial charge is 0.251 e. The molecule has 4 heteroatoms. The molecule has 1 aromatic carbocycles. The summed E-state index contributed by atoms with van der Waals surface area (Å²) >= 11 is 12.0. The third-order valence-corrected chi connectivity index (χ3v) is 8.98. The molecule has 0 saturated heterocycles. The summed E-state index contributed by atoms with van der Waals surface area (Å²) < 4.78 is 6.45. The normalized spacial score (nSPS) is 11.6. The van der Waals surface area contributed by atoms with Crippen molar-refractivity contribution in [2.24, 2.45) is 0 Å². The maximum absolute atomic E-state index is 6.45. The van der Waals surface area contributed by atoms with E-state index in [0.29, 0.717) is 10.0 Å². The van der Waals surface area contributed by atoms with Crippen molar-refractivity contribution in [1.29, 1.82) is 0 Å². The van der Waals surface area contributed by atoms with Gasteiger partial charge in [0.2, 0.25) is 0 Å². The fourth-order valence-electron chi connectivity index (χ4n) is 2.69. The highest BCUT2D eigenvalue weighted by atomic mass is 35.5. The van der Waals surface area contributed by atoms with Gasteiger partial charge in [-0.2, -0.15) is 0 Å². The van der Waals surface area contributed by atoms with Gasteiger partial charge in [0.05, 0.1) is 10.0 Å². The third-order valence-electron chi connectivity index (χ3n) is 3.34. The molecule has 0 bridgehead atoms. The zero-order valence-electron chi connectivity index (χ0n) is 12.1.